The van der Waals surface area contributed by atoms with Gasteiger partial charge < -0.3 is 19.7 Å². The number of benzene rings is 1. The van der Waals surface area contributed by atoms with Crippen LogP contribution in [-0.4, -0.2) is 35.1 Å². The smallest absolute Gasteiger partial charge is 0.264 e. The van der Waals surface area contributed by atoms with Crippen LogP contribution in [0.3, 0.4) is 0 Å². The van der Waals surface area contributed by atoms with Crippen molar-refractivity contribution in [2.75, 3.05) is 11.9 Å². The highest BCUT2D eigenvalue weighted by Crippen LogP contribution is 2.47. The fourth-order valence-electron chi connectivity index (χ4n) is 4.34. The summed E-state index contributed by atoms with van der Waals surface area (Å²) in [6, 6.07) is 8.71. The Bertz CT molecular complexity index is 905. The van der Waals surface area contributed by atoms with Crippen LogP contribution in [0.25, 0.3) is 0 Å². The van der Waals surface area contributed by atoms with Crippen molar-refractivity contribution in [2.24, 2.45) is 0 Å². The Morgan fingerprint density at radius 2 is 1.93 bits per heavy atom. The molecule has 2 fully saturated rings. The lowest BCUT2D eigenvalue weighted by atomic mass is 10.2. The van der Waals surface area contributed by atoms with Crippen molar-refractivity contribution in [3.8, 4) is 11.5 Å². The Morgan fingerprint density at radius 3 is 2.71 bits per heavy atom. The van der Waals surface area contributed by atoms with Gasteiger partial charge in [0.15, 0.2) is 11.5 Å². The molecular formula is C21H22N2O4S. The van der Waals surface area contributed by atoms with E-state index in [0.717, 1.165) is 37.9 Å². The molecule has 1 atom stereocenters. The monoisotopic (exact) mass is 398 g/mol. The molecule has 0 unspecified atom stereocenters. The van der Waals surface area contributed by atoms with Crippen LogP contribution in [0.5, 0.6) is 11.5 Å². The maximum absolute atomic E-state index is 12.9. The molecule has 2 aromatic rings. The van der Waals surface area contributed by atoms with Crippen molar-refractivity contribution in [1.82, 2.24) is 4.90 Å². The lowest BCUT2D eigenvalue weighted by molar-refractivity contribution is -0.119. The van der Waals surface area contributed by atoms with Crippen LogP contribution in [0.1, 0.15) is 48.2 Å². The maximum Gasteiger partial charge on any atom is 0.264 e. The van der Waals surface area contributed by atoms with Gasteiger partial charge in [-0.1, -0.05) is 6.07 Å². The maximum atomic E-state index is 12.9. The van der Waals surface area contributed by atoms with Gasteiger partial charge in [0.1, 0.15) is 6.04 Å². The topological polar surface area (TPSA) is 67.9 Å². The number of rotatable bonds is 3. The fraction of sp³-hybridized carbons (Fsp3) is 0.429. The lowest BCUT2D eigenvalue weighted by Crippen LogP contribution is -2.42. The van der Waals surface area contributed by atoms with Crippen LogP contribution in [0.2, 0.25) is 0 Å². The third-order valence-electron chi connectivity index (χ3n) is 5.72. The van der Waals surface area contributed by atoms with Crippen molar-refractivity contribution < 1.29 is 19.1 Å². The largest absolute Gasteiger partial charge is 0.448 e. The predicted molar refractivity (Wildman–Crippen MR) is 106 cm³/mol. The second kappa shape index (κ2) is 6.81. The number of hydrogen-bond donors (Lipinski definition) is 1. The zero-order valence-corrected chi connectivity index (χ0v) is 16.3. The standard InChI is InChI=1S/C21H22N2O4S/c24-19(15-5-3-11-23(15)20(25)18-6-4-12-28-18)22-14-7-8-16-17(13-14)27-21(26-16)9-1-2-10-21/h4,6-8,12-13,15H,1-3,5,9-11H2,(H,22,24)/t15-/m0/s1. The highest BCUT2D eigenvalue weighted by atomic mass is 32.1. The molecule has 0 bridgehead atoms. The molecule has 1 N–H and O–H groups in total. The molecule has 1 aromatic carbocycles. The number of carbonyl (C=O) groups is 2. The van der Waals surface area contributed by atoms with E-state index < -0.39 is 11.8 Å². The lowest BCUT2D eigenvalue weighted by Gasteiger charge is -2.23. The van der Waals surface area contributed by atoms with Crippen LogP contribution < -0.4 is 14.8 Å². The van der Waals surface area contributed by atoms with Gasteiger partial charge in [-0.05, 0) is 49.3 Å². The van der Waals surface area contributed by atoms with Crippen LogP contribution in [0.15, 0.2) is 35.7 Å². The summed E-state index contributed by atoms with van der Waals surface area (Å²) in [5.74, 6) is 0.673. The Morgan fingerprint density at radius 1 is 1.11 bits per heavy atom. The number of fused-ring (bicyclic) bond motifs is 1. The van der Waals surface area contributed by atoms with Crippen LogP contribution >= 0.6 is 11.3 Å². The van der Waals surface area contributed by atoms with E-state index in [2.05, 4.69) is 5.32 Å². The second-order valence-electron chi connectivity index (χ2n) is 7.61. The van der Waals surface area contributed by atoms with E-state index >= 15 is 0 Å². The molecule has 7 heteroatoms. The van der Waals surface area contributed by atoms with E-state index in [4.69, 9.17) is 9.47 Å². The van der Waals surface area contributed by atoms with Crippen molar-refractivity contribution in [2.45, 2.75) is 50.4 Å². The summed E-state index contributed by atoms with van der Waals surface area (Å²) in [7, 11) is 0. The zero-order valence-electron chi connectivity index (χ0n) is 15.5. The van der Waals surface area contributed by atoms with Crippen molar-refractivity contribution in [3.05, 3.63) is 40.6 Å². The number of anilines is 1. The number of carbonyl (C=O) groups excluding carboxylic acids is 2. The summed E-state index contributed by atoms with van der Waals surface area (Å²) < 4.78 is 12.1. The first-order valence-corrected chi connectivity index (χ1v) is 10.7. The molecule has 2 aliphatic heterocycles. The van der Waals surface area contributed by atoms with Gasteiger partial charge >= 0.3 is 0 Å². The summed E-state index contributed by atoms with van der Waals surface area (Å²) in [5, 5.41) is 4.83. The first-order chi connectivity index (χ1) is 13.6. The van der Waals surface area contributed by atoms with Gasteiger partial charge in [-0.3, -0.25) is 9.59 Å². The SMILES string of the molecule is O=C(Nc1ccc2c(c1)OC1(CCCC1)O2)[C@@H]1CCCN1C(=O)c1cccs1. The van der Waals surface area contributed by atoms with E-state index in [-0.39, 0.29) is 11.8 Å². The quantitative estimate of drug-likeness (QED) is 0.848. The van der Waals surface area contributed by atoms with Gasteiger partial charge in [0.2, 0.25) is 5.91 Å². The van der Waals surface area contributed by atoms with Crippen molar-refractivity contribution in [1.29, 1.82) is 0 Å². The number of hydrogen-bond acceptors (Lipinski definition) is 5. The van der Waals surface area contributed by atoms with Crippen molar-refractivity contribution in [3.63, 3.8) is 0 Å². The number of ether oxygens (including phenoxy) is 2. The van der Waals surface area contributed by atoms with E-state index in [9.17, 15) is 9.59 Å². The minimum atomic E-state index is -0.514. The Hall–Kier alpha value is -2.54. The third-order valence-corrected chi connectivity index (χ3v) is 6.57. The normalized spacial score (nSPS) is 22.0. The summed E-state index contributed by atoms with van der Waals surface area (Å²) in [5.41, 5.74) is 0.665. The van der Waals surface area contributed by atoms with Gasteiger partial charge in [0, 0.05) is 31.1 Å². The number of nitrogens with one attached hydrogen (secondary N) is 1. The third kappa shape index (κ3) is 3.03. The van der Waals surface area contributed by atoms with Crippen LogP contribution in [-0.2, 0) is 4.79 Å². The highest BCUT2D eigenvalue weighted by molar-refractivity contribution is 7.12. The molecule has 3 heterocycles. The number of amides is 2. The number of nitrogens with zero attached hydrogens (tertiary/aromatic N) is 1. The molecule has 3 aliphatic rings. The predicted octanol–water partition coefficient (Wildman–Crippen LogP) is 4.03. The average Bonchev–Trinajstić information content (AvgIpc) is 3.48. The molecule has 5 rings (SSSR count). The van der Waals surface area contributed by atoms with E-state index in [1.165, 1.54) is 11.3 Å². The Kier molecular flexibility index (Phi) is 4.27. The molecular weight excluding hydrogens is 376 g/mol. The van der Waals surface area contributed by atoms with Crippen LogP contribution in [0.4, 0.5) is 5.69 Å². The molecule has 146 valence electrons. The Labute approximate surface area is 167 Å². The van der Waals surface area contributed by atoms with Gasteiger partial charge in [0.25, 0.3) is 11.7 Å². The molecule has 6 nitrogen and oxygen atoms in total. The molecule has 1 aromatic heterocycles. The van der Waals surface area contributed by atoms with Gasteiger partial charge in [-0.25, -0.2) is 0 Å². The van der Waals surface area contributed by atoms with E-state index in [0.29, 0.717) is 29.3 Å². The molecule has 1 saturated carbocycles. The minimum Gasteiger partial charge on any atom is -0.448 e. The van der Waals surface area contributed by atoms with Gasteiger partial charge in [-0.2, -0.15) is 0 Å². The first-order valence-electron chi connectivity index (χ1n) is 9.81. The number of likely N-dealkylation sites (tertiary alicyclic amines) is 1. The van der Waals surface area contributed by atoms with E-state index in [1.807, 2.05) is 29.6 Å². The molecule has 1 saturated heterocycles. The molecule has 2 amide bonds. The second-order valence-corrected chi connectivity index (χ2v) is 8.55. The first kappa shape index (κ1) is 17.6. The molecule has 0 radical (unpaired) electrons. The fourth-order valence-corrected chi connectivity index (χ4v) is 5.02. The molecule has 1 spiro atoms. The Balaban J connectivity index is 1.29. The average molecular weight is 398 g/mol. The van der Waals surface area contributed by atoms with Crippen LogP contribution in [0, 0.1) is 0 Å². The van der Waals surface area contributed by atoms with E-state index in [1.54, 1.807) is 11.0 Å². The number of thiophene rings is 1. The summed E-state index contributed by atoms with van der Waals surface area (Å²) in [6.45, 7) is 0.610. The highest BCUT2D eigenvalue weighted by Gasteiger charge is 2.44. The van der Waals surface area contributed by atoms with Gasteiger partial charge in [-0.15, -0.1) is 11.3 Å². The minimum absolute atomic E-state index is 0.0680. The van der Waals surface area contributed by atoms with Crippen molar-refractivity contribution >= 4 is 28.8 Å². The van der Waals surface area contributed by atoms with Gasteiger partial charge in [0.05, 0.1) is 4.88 Å². The summed E-state index contributed by atoms with van der Waals surface area (Å²) in [4.78, 5) is 27.9. The summed E-state index contributed by atoms with van der Waals surface area (Å²) >= 11 is 1.40. The molecule has 28 heavy (non-hydrogen) atoms. The zero-order chi connectivity index (χ0) is 19.1. The molecule has 1 aliphatic carbocycles. The summed E-state index contributed by atoms with van der Waals surface area (Å²) in [6.07, 6.45) is 5.51.